The van der Waals surface area contributed by atoms with Gasteiger partial charge in [0.2, 0.25) is 0 Å². The summed E-state index contributed by atoms with van der Waals surface area (Å²) in [5.74, 6) is 0. The molecule has 2 aromatic heterocycles. The maximum atomic E-state index is 4.24. The molecule has 4 heteroatoms. The Bertz CT molecular complexity index is 570. The molecule has 0 aliphatic rings. The molecule has 3 aromatic rings. The first kappa shape index (κ1) is 6.54. The summed E-state index contributed by atoms with van der Waals surface area (Å²) in [6, 6.07) is 5.93. The highest BCUT2D eigenvalue weighted by molar-refractivity contribution is 6.01. The van der Waals surface area contributed by atoms with Crippen LogP contribution in [0, 0.1) is 0 Å². The number of hydrogen-bond acceptors (Lipinski definition) is 3. The van der Waals surface area contributed by atoms with Gasteiger partial charge in [0.15, 0.2) is 0 Å². The Balaban J connectivity index is 2.65. The molecule has 4 nitrogen and oxygen atoms in total. The second kappa shape index (κ2) is 2.26. The molecule has 0 aliphatic carbocycles. The zero-order valence-corrected chi connectivity index (χ0v) is 6.73. The molecule has 0 atom stereocenters. The van der Waals surface area contributed by atoms with E-state index in [1.807, 2.05) is 18.2 Å². The van der Waals surface area contributed by atoms with Crippen LogP contribution in [0.3, 0.4) is 0 Å². The van der Waals surface area contributed by atoms with Crippen molar-refractivity contribution in [3.8, 4) is 0 Å². The van der Waals surface area contributed by atoms with Crippen molar-refractivity contribution in [2.75, 3.05) is 0 Å². The van der Waals surface area contributed by atoms with E-state index in [0.29, 0.717) is 0 Å². The number of H-pyrrole nitrogens is 1. The van der Waals surface area contributed by atoms with E-state index in [2.05, 4.69) is 20.2 Å². The van der Waals surface area contributed by atoms with E-state index < -0.39 is 0 Å². The standard InChI is InChI=1S/C9H6N4/c1-2-7-9(13-12-5-11-7)8-6(1)3-4-10-8/h1-5,13H. The highest BCUT2D eigenvalue weighted by Crippen LogP contribution is 2.19. The van der Waals surface area contributed by atoms with Crippen LogP contribution in [0.4, 0.5) is 0 Å². The van der Waals surface area contributed by atoms with Gasteiger partial charge < -0.3 is 0 Å². The van der Waals surface area contributed by atoms with Gasteiger partial charge >= 0.3 is 0 Å². The summed E-state index contributed by atoms with van der Waals surface area (Å²) in [5, 5.41) is 7.88. The SMILES string of the molecule is c1n[nH]c2c(ccc3ccnc32)n1. The number of rotatable bonds is 0. The minimum absolute atomic E-state index is 0.890. The first-order chi connectivity index (χ1) is 6.45. The molecule has 1 N–H and O–H groups in total. The largest absolute Gasteiger partial charge is 0.273 e. The van der Waals surface area contributed by atoms with Crippen molar-refractivity contribution < 1.29 is 0 Å². The fourth-order valence-corrected chi connectivity index (χ4v) is 1.46. The van der Waals surface area contributed by atoms with Gasteiger partial charge in [-0.05, 0) is 12.1 Å². The Morgan fingerprint density at radius 2 is 2.08 bits per heavy atom. The Kier molecular flexibility index (Phi) is 1.14. The van der Waals surface area contributed by atoms with Crippen LogP contribution >= 0.6 is 0 Å². The van der Waals surface area contributed by atoms with Crippen LogP contribution in [-0.4, -0.2) is 20.2 Å². The lowest BCUT2D eigenvalue weighted by molar-refractivity contribution is 1.02. The minimum atomic E-state index is 0.890. The molecule has 0 radical (unpaired) electrons. The molecule has 62 valence electrons. The monoisotopic (exact) mass is 170 g/mol. The number of fused-ring (bicyclic) bond motifs is 3. The smallest absolute Gasteiger partial charge is 0.136 e. The Morgan fingerprint density at radius 1 is 1.08 bits per heavy atom. The van der Waals surface area contributed by atoms with Crippen molar-refractivity contribution in [2.45, 2.75) is 0 Å². The molecule has 2 heterocycles. The van der Waals surface area contributed by atoms with Gasteiger partial charge in [-0.1, -0.05) is 6.07 Å². The number of nitrogens with one attached hydrogen (secondary N) is 1. The van der Waals surface area contributed by atoms with Gasteiger partial charge in [-0.2, -0.15) is 5.10 Å². The summed E-state index contributed by atoms with van der Waals surface area (Å²) in [7, 11) is 0. The highest BCUT2D eigenvalue weighted by atomic mass is 15.1. The van der Waals surface area contributed by atoms with E-state index in [1.54, 1.807) is 6.20 Å². The molecular weight excluding hydrogens is 164 g/mol. The van der Waals surface area contributed by atoms with Gasteiger partial charge in [-0.25, -0.2) is 4.98 Å². The Labute approximate surface area is 73.6 Å². The highest BCUT2D eigenvalue weighted by Gasteiger charge is 2.01. The fourth-order valence-electron chi connectivity index (χ4n) is 1.46. The van der Waals surface area contributed by atoms with Gasteiger partial charge in [0, 0.05) is 11.6 Å². The third-order valence-electron chi connectivity index (χ3n) is 2.08. The summed E-state index contributed by atoms with van der Waals surface area (Å²) in [5.41, 5.74) is 2.71. The molecule has 0 amide bonds. The van der Waals surface area contributed by atoms with Crippen molar-refractivity contribution in [3.63, 3.8) is 0 Å². The first-order valence-corrected chi connectivity index (χ1v) is 3.98. The van der Waals surface area contributed by atoms with E-state index in [1.165, 1.54) is 6.33 Å². The number of aromatic nitrogens is 4. The zero-order valence-electron chi connectivity index (χ0n) is 6.73. The fraction of sp³-hybridized carbons (Fsp3) is 0. The van der Waals surface area contributed by atoms with E-state index >= 15 is 0 Å². The van der Waals surface area contributed by atoms with Crippen molar-refractivity contribution in [3.05, 3.63) is 30.7 Å². The number of nitrogens with zero attached hydrogens (tertiary/aromatic N) is 3. The molecule has 0 saturated heterocycles. The van der Waals surface area contributed by atoms with E-state index in [-0.39, 0.29) is 0 Å². The van der Waals surface area contributed by atoms with Gasteiger partial charge in [-0.3, -0.25) is 10.1 Å². The average Bonchev–Trinajstić information content (AvgIpc) is 2.65. The Hall–Kier alpha value is -1.97. The van der Waals surface area contributed by atoms with Crippen molar-refractivity contribution in [2.24, 2.45) is 0 Å². The lowest BCUT2D eigenvalue weighted by Crippen LogP contribution is -1.86. The summed E-state index contributed by atoms with van der Waals surface area (Å²) in [6.07, 6.45) is 3.28. The number of benzene rings is 1. The maximum absolute atomic E-state index is 4.24. The molecular formula is C9H6N4. The normalized spacial score (nSPS) is 11.1. The molecule has 0 bridgehead atoms. The molecule has 13 heavy (non-hydrogen) atoms. The van der Waals surface area contributed by atoms with Crippen LogP contribution in [0.1, 0.15) is 0 Å². The van der Waals surface area contributed by atoms with Gasteiger partial charge in [-0.15, -0.1) is 0 Å². The maximum Gasteiger partial charge on any atom is 0.136 e. The zero-order chi connectivity index (χ0) is 8.67. The van der Waals surface area contributed by atoms with Gasteiger partial charge in [0.25, 0.3) is 0 Å². The minimum Gasteiger partial charge on any atom is -0.273 e. The van der Waals surface area contributed by atoms with Crippen molar-refractivity contribution >= 4 is 21.9 Å². The summed E-state index contributed by atoms with van der Waals surface area (Å²) < 4.78 is 0. The van der Waals surface area contributed by atoms with E-state index in [4.69, 9.17) is 0 Å². The number of hydrogen-bond donors (Lipinski definition) is 1. The first-order valence-electron chi connectivity index (χ1n) is 3.98. The molecule has 3 rings (SSSR count). The molecule has 0 saturated carbocycles. The predicted octanol–water partition coefficient (Wildman–Crippen LogP) is 1.51. The van der Waals surface area contributed by atoms with Crippen LogP contribution in [0.25, 0.3) is 21.9 Å². The van der Waals surface area contributed by atoms with Crippen LogP contribution in [-0.2, 0) is 0 Å². The van der Waals surface area contributed by atoms with Crippen LogP contribution < -0.4 is 0 Å². The quantitative estimate of drug-likeness (QED) is 0.556. The third-order valence-corrected chi connectivity index (χ3v) is 2.08. The van der Waals surface area contributed by atoms with Crippen LogP contribution in [0.2, 0.25) is 0 Å². The molecule has 0 aliphatic heterocycles. The lowest BCUT2D eigenvalue weighted by Gasteiger charge is -1.95. The van der Waals surface area contributed by atoms with Crippen LogP contribution in [0.15, 0.2) is 30.7 Å². The average molecular weight is 170 g/mol. The molecule has 1 aromatic carbocycles. The lowest BCUT2D eigenvalue weighted by atomic mass is 10.2. The van der Waals surface area contributed by atoms with Crippen LogP contribution in [0.5, 0.6) is 0 Å². The van der Waals surface area contributed by atoms with Crippen molar-refractivity contribution in [1.29, 1.82) is 0 Å². The third kappa shape index (κ3) is 0.823. The Morgan fingerprint density at radius 3 is 3.08 bits per heavy atom. The van der Waals surface area contributed by atoms with Gasteiger partial charge in [0.05, 0.1) is 11.0 Å². The molecule has 0 unspecified atom stereocenters. The number of aromatic amines is 1. The summed E-state index contributed by atoms with van der Waals surface area (Å²) in [6.45, 7) is 0. The topological polar surface area (TPSA) is 54.5 Å². The van der Waals surface area contributed by atoms with E-state index in [0.717, 1.165) is 21.9 Å². The second-order valence-corrected chi connectivity index (χ2v) is 2.83. The van der Waals surface area contributed by atoms with Crippen molar-refractivity contribution in [1.82, 2.24) is 20.2 Å². The van der Waals surface area contributed by atoms with Gasteiger partial charge in [0.1, 0.15) is 11.8 Å². The van der Waals surface area contributed by atoms with E-state index in [9.17, 15) is 0 Å². The molecule has 0 fully saturated rings. The predicted molar refractivity (Wildman–Crippen MR) is 49.2 cm³/mol. The molecule has 0 spiro atoms. The summed E-state index contributed by atoms with van der Waals surface area (Å²) in [4.78, 5) is 8.36. The summed E-state index contributed by atoms with van der Waals surface area (Å²) >= 11 is 0. The second-order valence-electron chi connectivity index (χ2n) is 2.83.